The highest BCUT2D eigenvalue weighted by atomic mass is 35.5. The summed E-state index contributed by atoms with van der Waals surface area (Å²) >= 11 is 6.63. The van der Waals surface area contributed by atoms with E-state index in [1.807, 2.05) is 60.8 Å². The SMILES string of the molecule is O=C(O)[C@H]1CC[C@@H](Nc2ccnc3[nH]cc(Cc4ccc(Oc5ccccc5)cc4Cl)c23)CC1. The monoisotopic (exact) mass is 475 g/mol. The lowest BCUT2D eigenvalue weighted by molar-refractivity contribution is -0.142. The lowest BCUT2D eigenvalue weighted by Gasteiger charge is -2.28. The lowest BCUT2D eigenvalue weighted by Crippen LogP contribution is -2.29. The van der Waals surface area contributed by atoms with E-state index < -0.39 is 5.97 Å². The number of nitrogens with zero attached hydrogens (tertiary/aromatic N) is 1. The number of anilines is 1. The summed E-state index contributed by atoms with van der Waals surface area (Å²) in [4.78, 5) is 19.0. The number of para-hydroxylation sites is 1. The topological polar surface area (TPSA) is 87.2 Å². The lowest BCUT2D eigenvalue weighted by atomic mass is 9.86. The predicted molar refractivity (Wildman–Crippen MR) is 134 cm³/mol. The fraction of sp³-hybridized carbons (Fsp3) is 0.259. The zero-order valence-corrected chi connectivity index (χ0v) is 19.4. The number of aliphatic carboxylic acids is 1. The van der Waals surface area contributed by atoms with Gasteiger partial charge in [-0.3, -0.25) is 4.79 Å². The molecule has 0 radical (unpaired) electrons. The first kappa shape index (κ1) is 22.3. The smallest absolute Gasteiger partial charge is 0.306 e. The van der Waals surface area contributed by atoms with E-state index in [9.17, 15) is 9.90 Å². The van der Waals surface area contributed by atoms with Crippen LogP contribution in [0.5, 0.6) is 11.5 Å². The quantitative estimate of drug-likeness (QED) is 0.278. The molecule has 3 N–H and O–H groups in total. The van der Waals surface area contributed by atoms with Crippen molar-refractivity contribution in [3.63, 3.8) is 0 Å². The Balaban J connectivity index is 1.34. The first-order chi connectivity index (χ1) is 16.6. The summed E-state index contributed by atoms with van der Waals surface area (Å²) in [7, 11) is 0. The normalized spacial score (nSPS) is 18.0. The zero-order valence-electron chi connectivity index (χ0n) is 18.6. The van der Waals surface area contributed by atoms with Crippen LogP contribution in [0.2, 0.25) is 5.02 Å². The van der Waals surface area contributed by atoms with Gasteiger partial charge in [-0.15, -0.1) is 0 Å². The maximum Gasteiger partial charge on any atom is 0.306 e. The van der Waals surface area contributed by atoms with Crippen molar-refractivity contribution in [3.05, 3.63) is 83.1 Å². The molecular weight excluding hydrogens is 450 g/mol. The van der Waals surface area contributed by atoms with Crippen LogP contribution in [0, 0.1) is 5.92 Å². The van der Waals surface area contributed by atoms with Crippen molar-refractivity contribution in [2.24, 2.45) is 5.92 Å². The molecule has 0 amide bonds. The summed E-state index contributed by atoms with van der Waals surface area (Å²) in [6.07, 6.45) is 7.51. The van der Waals surface area contributed by atoms with Gasteiger partial charge in [0.25, 0.3) is 0 Å². The van der Waals surface area contributed by atoms with E-state index in [1.165, 1.54) is 0 Å². The Hall–Kier alpha value is -3.51. The van der Waals surface area contributed by atoms with Crippen molar-refractivity contribution in [1.82, 2.24) is 9.97 Å². The molecule has 0 atom stereocenters. The van der Waals surface area contributed by atoms with Crippen LogP contribution >= 0.6 is 11.6 Å². The molecule has 0 aliphatic heterocycles. The highest BCUT2D eigenvalue weighted by molar-refractivity contribution is 6.31. The Morgan fingerprint density at radius 3 is 2.59 bits per heavy atom. The molecule has 2 aromatic heterocycles. The van der Waals surface area contributed by atoms with Crippen LogP contribution < -0.4 is 10.1 Å². The number of hydrogen-bond acceptors (Lipinski definition) is 4. The van der Waals surface area contributed by atoms with Gasteiger partial charge in [0.15, 0.2) is 0 Å². The fourth-order valence-electron chi connectivity index (χ4n) is 4.65. The van der Waals surface area contributed by atoms with Gasteiger partial charge in [-0.25, -0.2) is 4.98 Å². The van der Waals surface area contributed by atoms with E-state index in [-0.39, 0.29) is 12.0 Å². The Kier molecular flexibility index (Phi) is 6.41. The van der Waals surface area contributed by atoms with Crippen molar-refractivity contribution in [1.29, 1.82) is 0 Å². The van der Waals surface area contributed by atoms with Gasteiger partial charge in [0.05, 0.1) is 5.92 Å². The summed E-state index contributed by atoms with van der Waals surface area (Å²) in [5.41, 5.74) is 3.93. The van der Waals surface area contributed by atoms with Crippen molar-refractivity contribution in [2.75, 3.05) is 5.32 Å². The number of benzene rings is 2. The van der Waals surface area contributed by atoms with Gasteiger partial charge in [-0.05, 0) is 67.1 Å². The third kappa shape index (κ3) is 4.87. The van der Waals surface area contributed by atoms with Gasteiger partial charge < -0.3 is 20.1 Å². The van der Waals surface area contributed by atoms with E-state index >= 15 is 0 Å². The van der Waals surface area contributed by atoms with Gasteiger partial charge in [-0.1, -0.05) is 35.9 Å². The first-order valence-corrected chi connectivity index (χ1v) is 11.9. The molecule has 0 saturated heterocycles. The summed E-state index contributed by atoms with van der Waals surface area (Å²) in [6.45, 7) is 0. The molecule has 5 rings (SSSR count). The van der Waals surface area contributed by atoms with Crippen molar-refractivity contribution in [2.45, 2.75) is 38.1 Å². The summed E-state index contributed by atoms with van der Waals surface area (Å²) < 4.78 is 5.90. The van der Waals surface area contributed by atoms with E-state index in [0.717, 1.165) is 46.4 Å². The average molecular weight is 476 g/mol. The van der Waals surface area contributed by atoms with Crippen LogP contribution in [-0.2, 0) is 11.2 Å². The molecule has 0 unspecified atom stereocenters. The van der Waals surface area contributed by atoms with Gasteiger partial charge in [0.2, 0.25) is 0 Å². The molecule has 4 aromatic rings. The minimum atomic E-state index is -0.685. The number of rotatable bonds is 7. The number of carboxylic acids is 1. The maximum atomic E-state index is 11.3. The number of pyridine rings is 1. The highest BCUT2D eigenvalue weighted by Crippen LogP contribution is 2.33. The summed E-state index contributed by atoms with van der Waals surface area (Å²) in [6, 6.07) is 17.6. The second kappa shape index (κ2) is 9.77. The number of carbonyl (C=O) groups is 1. The van der Waals surface area contributed by atoms with Gasteiger partial charge in [-0.2, -0.15) is 0 Å². The van der Waals surface area contributed by atoms with Gasteiger partial charge >= 0.3 is 5.97 Å². The third-order valence-corrected chi connectivity index (χ3v) is 6.83. The maximum absolute atomic E-state index is 11.3. The minimum absolute atomic E-state index is 0.227. The third-order valence-electron chi connectivity index (χ3n) is 6.48. The van der Waals surface area contributed by atoms with E-state index in [0.29, 0.717) is 30.0 Å². The standard InChI is InChI=1S/C27H26ClN3O3/c28-23-15-22(34-21-4-2-1-3-5-21)11-8-18(23)14-19-16-30-26-25(19)24(12-13-29-26)31-20-9-6-17(7-10-20)27(32)33/h1-5,8,11-13,15-17,20H,6-7,9-10,14H2,(H,32,33)(H2,29,30,31)/t17-,20+. The second-order valence-corrected chi connectivity index (χ2v) is 9.18. The number of ether oxygens (including phenoxy) is 1. The molecule has 2 heterocycles. The highest BCUT2D eigenvalue weighted by Gasteiger charge is 2.26. The molecule has 1 fully saturated rings. The zero-order chi connectivity index (χ0) is 23.5. The average Bonchev–Trinajstić information content (AvgIpc) is 3.26. The molecule has 34 heavy (non-hydrogen) atoms. The van der Waals surface area contributed by atoms with Crippen LogP contribution in [0.3, 0.4) is 0 Å². The molecule has 0 bridgehead atoms. The number of nitrogens with one attached hydrogen (secondary N) is 2. The Labute approximate surface area is 202 Å². The van der Waals surface area contributed by atoms with Crippen molar-refractivity contribution in [3.8, 4) is 11.5 Å². The number of halogens is 1. The Morgan fingerprint density at radius 2 is 1.85 bits per heavy atom. The van der Waals surface area contributed by atoms with Crippen LogP contribution in [0.25, 0.3) is 11.0 Å². The second-order valence-electron chi connectivity index (χ2n) is 8.77. The predicted octanol–water partition coefficient (Wildman–Crippen LogP) is 6.65. The van der Waals surface area contributed by atoms with E-state index in [2.05, 4.69) is 15.3 Å². The molecule has 0 spiro atoms. The number of fused-ring (bicyclic) bond motifs is 1. The van der Waals surface area contributed by atoms with Crippen molar-refractivity contribution >= 4 is 34.3 Å². The van der Waals surface area contributed by atoms with Gasteiger partial charge in [0.1, 0.15) is 17.1 Å². The molecule has 2 aromatic carbocycles. The number of aromatic nitrogens is 2. The molecule has 1 aliphatic carbocycles. The molecule has 7 heteroatoms. The minimum Gasteiger partial charge on any atom is -0.481 e. The Morgan fingerprint density at radius 1 is 1.06 bits per heavy atom. The summed E-state index contributed by atoms with van der Waals surface area (Å²) in [5.74, 6) is 0.547. The number of carboxylic acid groups (broad SMARTS) is 1. The summed E-state index contributed by atoms with van der Waals surface area (Å²) in [5, 5.41) is 14.6. The Bertz CT molecular complexity index is 1300. The van der Waals surface area contributed by atoms with E-state index in [4.69, 9.17) is 16.3 Å². The number of hydrogen-bond donors (Lipinski definition) is 3. The number of aromatic amines is 1. The number of H-pyrrole nitrogens is 1. The first-order valence-electron chi connectivity index (χ1n) is 11.5. The van der Waals surface area contributed by atoms with Crippen LogP contribution in [-0.4, -0.2) is 27.1 Å². The molecule has 1 saturated carbocycles. The van der Waals surface area contributed by atoms with Crippen LogP contribution in [0.4, 0.5) is 5.69 Å². The van der Waals surface area contributed by atoms with Crippen molar-refractivity contribution < 1.29 is 14.6 Å². The molecule has 6 nitrogen and oxygen atoms in total. The van der Waals surface area contributed by atoms with E-state index in [1.54, 1.807) is 6.20 Å². The largest absolute Gasteiger partial charge is 0.481 e. The molecule has 174 valence electrons. The van der Waals surface area contributed by atoms with Crippen LogP contribution in [0.1, 0.15) is 36.8 Å². The van der Waals surface area contributed by atoms with Crippen LogP contribution in [0.15, 0.2) is 67.0 Å². The van der Waals surface area contributed by atoms with Gasteiger partial charge in [0, 0.05) is 41.0 Å². The fourth-order valence-corrected chi connectivity index (χ4v) is 4.89. The molecule has 1 aliphatic rings. The molecular formula is C27H26ClN3O3.